The number of carboxylic acid groups (broad SMARTS) is 1. The van der Waals surface area contributed by atoms with Crippen molar-refractivity contribution in [2.24, 2.45) is 0 Å². The van der Waals surface area contributed by atoms with Crippen molar-refractivity contribution < 1.29 is 15.0 Å². The second kappa shape index (κ2) is 9.62. The highest BCUT2D eigenvalue weighted by Crippen LogP contribution is 2.30. The zero-order valence-corrected chi connectivity index (χ0v) is 16.0. The molecular weight excluding hydrogens is 358 g/mol. The second-order valence-electron chi connectivity index (χ2n) is 6.80. The Kier molecular flexibility index (Phi) is 6.96. The van der Waals surface area contributed by atoms with Crippen molar-refractivity contribution in [3.8, 4) is 0 Å². The molecule has 2 atom stereocenters. The molecule has 3 N–H and O–H groups in total. The number of rotatable bonds is 7. The van der Waals surface area contributed by atoms with Crippen molar-refractivity contribution in [2.45, 2.75) is 48.5 Å². The summed E-state index contributed by atoms with van der Waals surface area (Å²) in [6, 6.07) is 16.3. The molecule has 2 aromatic carbocycles. The molecule has 0 amide bonds. The van der Waals surface area contributed by atoms with Crippen LogP contribution in [-0.4, -0.2) is 28.3 Å². The lowest BCUT2D eigenvalue weighted by Crippen LogP contribution is -2.36. The SMILES string of the molecule is O=C(O)C=Cc1cc(SCc2ccccc2)ccc1NC1CCCCC1O. The van der Waals surface area contributed by atoms with Crippen LogP contribution >= 0.6 is 11.8 Å². The van der Waals surface area contributed by atoms with E-state index in [-0.39, 0.29) is 12.1 Å². The zero-order chi connectivity index (χ0) is 19.1. The number of carbonyl (C=O) groups is 1. The van der Waals surface area contributed by atoms with Gasteiger partial charge in [0.15, 0.2) is 0 Å². The number of carboxylic acids is 1. The van der Waals surface area contributed by atoms with Crippen LogP contribution in [-0.2, 0) is 10.5 Å². The van der Waals surface area contributed by atoms with Gasteiger partial charge in [-0.15, -0.1) is 11.8 Å². The predicted octanol–water partition coefficient (Wildman–Crippen LogP) is 4.79. The first kappa shape index (κ1) is 19.5. The Bertz CT molecular complexity index is 791. The van der Waals surface area contributed by atoms with E-state index in [4.69, 9.17) is 5.11 Å². The van der Waals surface area contributed by atoms with Crippen molar-refractivity contribution in [3.63, 3.8) is 0 Å². The van der Waals surface area contributed by atoms with Crippen molar-refractivity contribution in [1.82, 2.24) is 0 Å². The molecule has 1 aliphatic rings. The van der Waals surface area contributed by atoms with Crippen LogP contribution in [0.15, 0.2) is 59.5 Å². The van der Waals surface area contributed by atoms with Gasteiger partial charge in [-0.05, 0) is 48.2 Å². The summed E-state index contributed by atoms with van der Waals surface area (Å²) in [7, 11) is 0. The molecule has 3 rings (SSSR count). The van der Waals surface area contributed by atoms with Gasteiger partial charge in [0.1, 0.15) is 0 Å². The fraction of sp³-hybridized carbons (Fsp3) is 0.318. The second-order valence-corrected chi connectivity index (χ2v) is 7.85. The van der Waals surface area contributed by atoms with Crippen LogP contribution in [0.3, 0.4) is 0 Å². The van der Waals surface area contributed by atoms with Gasteiger partial charge in [-0.3, -0.25) is 0 Å². The van der Waals surface area contributed by atoms with Gasteiger partial charge in [-0.1, -0.05) is 43.2 Å². The van der Waals surface area contributed by atoms with Gasteiger partial charge in [-0.2, -0.15) is 0 Å². The summed E-state index contributed by atoms with van der Waals surface area (Å²) in [6.07, 6.45) is 6.30. The highest BCUT2D eigenvalue weighted by Gasteiger charge is 2.23. The van der Waals surface area contributed by atoms with Crippen LogP contribution in [0.4, 0.5) is 5.69 Å². The molecule has 0 spiro atoms. The molecule has 0 bridgehead atoms. The molecule has 0 radical (unpaired) electrons. The minimum atomic E-state index is -0.971. The van der Waals surface area contributed by atoms with E-state index in [2.05, 4.69) is 17.4 Å². The maximum absolute atomic E-state index is 11.0. The first-order valence-electron chi connectivity index (χ1n) is 9.28. The normalized spacial score (nSPS) is 19.9. The van der Waals surface area contributed by atoms with E-state index >= 15 is 0 Å². The van der Waals surface area contributed by atoms with Crippen LogP contribution in [0.2, 0.25) is 0 Å². The zero-order valence-electron chi connectivity index (χ0n) is 15.2. The van der Waals surface area contributed by atoms with Crippen LogP contribution in [0.5, 0.6) is 0 Å². The Balaban J connectivity index is 1.76. The Morgan fingerprint density at radius 3 is 2.67 bits per heavy atom. The third-order valence-electron chi connectivity index (χ3n) is 4.75. The van der Waals surface area contributed by atoms with Gasteiger partial charge >= 0.3 is 5.97 Å². The summed E-state index contributed by atoms with van der Waals surface area (Å²) in [5.41, 5.74) is 2.94. The Hall–Kier alpha value is -2.24. The number of thioether (sulfide) groups is 1. The first-order valence-corrected chi connectivity index (χ1v) is 10.3. The minimum absolute atomic E-state index is 0.0125. The van der Waals surface area contributed by atoms with Crippen LogP contribution in [0.25, 0.3) is 6.08 Å². The third kappa shape index (κ3) is 5.88. The molecule has 1 aliphatic carbocycles. The molecule has 0 aromatic heterocycles. The van der Waals surface area contributed by atoms with Gasteiger partial charge < -0.3 is 15.5 Å². The molecule has 2 aromatic rings. The van der Waals surface area contributed by atoms with Gasteiger partial charge in [0.25, 0.3) is 0 Å². The number of anilines is 1. The highest BCUT2D eigenvalue weighted by atomic mass is 32.2. The van der Waals surface area contributed by atoms with E-state index in [1.54, 1.807) is 17.8 Å². The van der Waals surface area contributed by atoms with Gasteiger partial charge in [0, 0.05) is 22.4 Å². The van der Waals surface area contributed by atoms with E-state index in [1.807, 2.05) is 36.4 Å². The molecule has 0 saturated heterocycles. The summed E-state index contributed by atoms with van der Waals surface area (Å²) in [6.45, 7) is 0. The lowest BCUT2D eigenvalue weighted by atomic mass is 9.92. The lowest BCUT2D eigenvalue weighted by molar-refractivity contribution is -0.131. The summed E-state index contributed by atoms with van der Waals surface area (Å²) >= 11 is 1.72. The first-order chi connectivity index (χ1) is 13.1. The van der Waals surface area contributed by atoms with Crippen molar-refractivity contribution in [1.29, 1.82) is 0 Å². The van der Waals surface area contributed by atoms with Crippen LogP contribution in [0, 0.1) is 0 Å². The molecule has 2 unspecified atom stereocenters. The average molecular weight is 384 g/mol. The van der Waals surface area contributed by atoms with E-state index in [0.717, 1.165) is 53.7 Å². The Morgan fingerprint density at radius 2 is 1.93 bits per heavy atom. The number of hydrogen-bond acceptors (Lipinski definition) is 4. The Labute approximate surface area is 164 Å². The minimum Gasteiger partial charge on any atom is -0.478 e. The maximum atomic E-state index is 11.0. The molecule has 0 aliphatic heterocycles. The predicted molar refractivity (Wildman–Crippen MR) is 111 cm³/mol. The standard InChI is InChI=1S/C22H25NO3S/c24-21-9-5-4-8-20(21)23-19-12-11-18(14-17(19)10-13-22(25)26)27-15-16-6-2-1-3-7-16/h1-3,6-7,10-14,20-21,23-24H,4-5,8-9,15H2,(H,25,26). The van der Waals surface area contributed by atoms with Crippen molar-refractivity contribution in [2.75, 3.05) is 5.32 Å². The summed E-state index contributed by atoms with van der Waals surface area (Å²) < 4.78 is 0. The Morgan fingerprint density at radius 1 is 1.15 bits per heavy atom. The smallest absolute Gasteiger partial charge is 0.328 e. The number of aliphatic hydroxyl groups is 1. The molecule has 4 nitrogen and oxygen atoms in total. The molecule has 1 fully saturated rings. The van der Waals surface area contributed by atoms with E-state index in [1.165, 1.54) is 5.56 Å². The molecule has 0 heterocycles. The van der Waals surface area contributed by atoms with Crippen molar-refractivity contribution in [3.05, 3.63) is 65.7 Å². The number of benzene rings is 2. The fourth-order valence-corrected chi connectivity index (χ4v) is 4.18. The van der Waals surface area contributed by atoms with Crippen LogP contribution in [0.1, 0.15) is 36.8 Å². The maximum Gasteiger partial charge on any atom is 0.328 e. The molecule has 142 valence electrons. The average Bonchev–Trinajstić information content (AvgIpc) is 2.68. The van der Waals surface area contributed by atoms with E-state index in [0.29, 0.717) is 0 Å². The van der Waals surface area contributed by atoms with Crippen LogP contribution < -0.4 is 5.32 Å². The number of nitrogens with one attached hydrogen (secondary N) is 1. The summed E-state index contributed by atoms with van der Waals surface area (Å²) in [4.78, 5) is 12.1. The van der Waals surface area contributed by atoms with Crippen molar-refractivity contribution >= 4 is 29.5 Å². The molecule has 27 heavy (non-hydrogen) atoms. The number of hydrogen-bond donors (Lipinski definition) is 3. The van der Waals surface area contributed by atoms with Gasteiger partial charge in [0.05, 0.1) is 12.1 Å². The lowest BCUT2D eigenvalue weighted by Gasteiger charge is -2.30. The summed E-state index contributed by atoms with van der Waals surface area (Å²) in [5, 5.41) is 22.6. The molecular formula is C22H25NO3S. The highest BCUT2D eigenvalue weighted by molar-refractivity contribution is 7.98. The topological polar surface area (TPSA) is 69.6 Å². The molecule has 5 heteroatoms. The fourth-order valence-electron chi connectivity index (χ4n) is 3.28. The third-order valence-corrected chi connectivity index (χ3v) is 5.81. The monoisotopic (exact) mass is 383 g/mol. The number of aliphatic carboxylic acids is 1. The quantitative estimate of drug-likeness (QED) is 0.474. The summed E-state index contributed by atoms with van der Waals surface area (Å²) in [5.74, 6) is -0.113. The molecule has 1 saturated carbocycles. The van der Waals surface area contributed by atoms with E-state index in [9.17, 15) is 9.90 Å². The van der Waals surface area contributed by atoms with E-state index < -0.39 is 5.97 Å². The van der Waals surface area contributed by atoms with Gasteiger partial charge in [-0.25, -0.2) is 4.79 Å². The number of aliphatic hydroxyl groups excluding tert-OH is 1. The largest absolute Gasteiger partial charge is 0.478 e. The van der Waals surface area contributed by atoms with Gasteiger partial charge in [0.2, 0.25) is 0 Å².